The maximum atomic E-state index is 11.8. The molecule has 0 bridgehead atoms. The van der Waals surface area contributed by atoms with E-state index in [0.717, 1.165) is 16.9 Å². The van der Waals surface area contributed by atoms with Crippen molar-refractivity contribution >= 4 is 23.5 Å². The van der Waals surface area contributed by atoms with E-state index in [9.17, 15) is 4.79 Å². The van der Waals surface area contributed by atoms with Gasteiger partial charge in [-0.05, 0) is 36.8 Å². The zero-order chi connectivity index (χ0) is 18.8. The topological polar surface area (TPSA) is 80.5 Å². The van der Waals surface area contributed by atoms with Crippen LogP contribution in [0, 0.1) is 18.3 Å². The van der Waals surface area contributed by atoms with Crippen LogP contribution in [0.25, 0.3) is 0 Å². The number of hydrogen-bond donors (Lipinski definition) is 2. The number of hydrazone groups is 1. The van der Waals surface area contributed by atoms with Crippen molar-refractivity contribution < 1.29 is 4.79 Å². The summed E-state index contributed by atoms with van der Waals surface area (Å²) in [6.07, 6.45) is 2.09. The highest BCUT2D eigenvalue weighted by atomic mass is 16.2. The minimum Gasteiger partial charge on any atom is -0.376 e. The Morgan fingerprint density at radius 1 is 1.19 bits per heavy atom. The molecule has 6 nitrogen and oxygen atoms in total. The van der Waals surface area contributed by atoms with E-state index in [1.54, 1.807) is 6.21 Å². The molecule has 6 heteroatoms. The molecule has 0 atom stereocenters. The van der Waals surface area contributed by atoms with E-state index >= 15 is 0 Å². The maximum absolute atomic E-state index is 11.8. The van der Waals surface area contributed by atoms with Gasteiger partial charge in [-0.2, -0.15) is 10.4 Å². The molecule has 0 heterocycles. The Hall–Kier alpha value is -3.33. The quantitative estimate of drug-likeness (QED) is 0.567. The number of nitriles is 1. The highest BCUT2D eigenvalue weighted by Crippen LogP contribution is 2.13. The Balaban J connectivity index is 1.77. The van der Waals surface area contributed by atoms with Crippen molar-refractivity contribution in [3.05, 3.63) is 59.7 Å². The molecule has 2 aromatic carbocycles. The number of carbonyl (C=O) groups is 1. The fourth-order valence-corrected chi connectivity index (χ4v) is 2.23. The monoisotopic (exact) mass is 349 g/mol. The summed E-state index contributed by atoms with van der Waals surface area (Å²) in [7, 11) is 1.95. The Morgan fingerprint density at radius 2 is 1.88 bits per heavy atom. The first-order valence-corrected chi connectivity index (χ1v) is 8.39. The smallest absolute Gasteiger partial charge is 0.259 e. The van der Waals surface area contributed by atoms with Crippen LogP contribution in [0.15, 0.2) is 53.6 Å². The largest absolute Gasteiger partial charge is 0.376 e. The van der Waals surface area contributed by atoms with Crippen LogP contribution in [0.2, 0.25) is 0 Å². The molecule has 0 fully saturated rings. The van der Waals surface area contributed by atoms with E-state index in [0.29, 0.717) is 13.0 Å². The number of anilines is 2. The normalized spacial score (nSPS) is 10.3. The van der Waals surface area contributed by atoms with Crippen LogP contribution in [0.4, 0.5) is 11.4 Å². The molecule has 2 rings (SSSR count). The molecule has 1 amide bonds. The first kappa shape index (κ1) is 19.0. The molecule has 0 saturated heterocycles. The fraction of sp³-hybridized carbons (Fsp3) is 0.250. The maximum Gasteiger partial charge on any atom is 0.259 e. The molecule has 134 valence electrons. The lowest BCUT2D eigenvalue weighted by Gasteiger charge is -2.17. The summed E-state index contributed by atoms with van der Waals surface area (Å²) in [5.74, 6) is -0.213. The lowest BCUT2D eigenvalue weighted by molar-refractivity contribution is -0.119. The lowest BCUT2D eigenvalue weighted by atomic mass is 10.2. The number of nitrogens with one attached hydrogen (secondary N) is 2. The van der Waals surface area contributed by atoms with E-state index in [-0.39, 0.29) is 12.5 Å². The van der Waals surface area contributed by atoms with Crippen molar-refractivity contribution in [2.24, 2.45) is 5.10 Å². The molecule has 26 heavy (non-hydrogen) atoms. The number of amides is 1. The summed E-state index contributed by atoms with van der Waals surface area (Å²) in [6, 6.07) is 17.7. The van der Waals surface area contributed by atoms with Gasteiger partial charge in [0, 0.05) is 25.0 Å². The molecule has 0 unspecified atom stereocenters. The Kier molecular flexibility index (Phi) is 7.19. The molecular weight excluding hydrogens is 326 g/mol. The first-order valence-electron chi connectivity index (χ1n) is 8.39. The summed E-state index contributed by atoms with van der Waals surface area (Å²) in [4.78, 5) is 13.8. The molecular formula is C20H23N5O. The van der Waals surface area contributed by atoms with Gasteiger partial charge in [-0.25, -0.2) is 5.43 Å². The molecule has 0 radical (unpaired) electrons. The van der Waals surface area contributed by atoms with Gasteiger partial charge in [0.2, 0.25) is 0 Å². The Morgan fingerprint density at radius 3 is 2.54 bits per heavy atom. The van der Waals surface area contributed by atoms with Gasteiger partial charge in [0.1, 0.15) is 0 Å². The summed E-state index contributed by atoms with van der Waals surface area (Å²) in [5, 5.41) is 15.6. The molecule has 0 aromatic heterocycles. The van der Waals surface area contributed by atoms with Gasteiger partial charge >= 0.3 is 0 Å². The summed E-state index contributed by atoms with van der Waals surface area (Å²) >= 11 is 0. The van der Waals surface area contributed by atoms with Crippen LogP contribution in [-0.4, -0.2) is 32.3 Å². The van der Waals surface area contributed by atoms with Crippen LogP contribution in [0.5, 0.6) is 0 Å². The second-order valence-corrected chi connectivity index (χ2v) is 5.93. The highest BCUT2D eigenvalue weighted by Gasteiger charge is 2.01. The number of rotatable bonds is 8. The molecule has 0 spiro atoms. The number of hydrogen-bond acceptors (Lipinski definition) is 5. The number of benzene rings is 2. The van der Waals surface area contributed by atoms with Gasteiger partial charge in [-0.3, -0.25) is 4.79 Å². The minimum atomic E-state index is -0.213. The third kappa shape index (κ3) is 6.29. The third-order valence-corrected chi connectivity index (χ3v) is 3.80. The van der Waals surface area contributed by atoms with Crippen molar-refractivity contribution in [3.63, 3.8) is 0 Å². The molecule has 0 aliphatic rings. The van der Waals surface area contributed by atoms with Crippen LogP contribution < -0.4 is 15.6 Å². The van der Waals surface area contributed by atoms with Crippen molar-refractivity contribution in [1.82, 2.24) is 5.43 Å². The zero-order valence-electron chi connectivity index (χ0n) is 15.1. The SMILES string of the molecule is Cc1ccc(NCC(=O)N/N=C\c2ccc(N(C)CCC#N)cc2)cc1. The predicted octanol–water partition coefficient (Wildman–Crippen LogP) is 2.91. The van der Waals surface area contributed by atoms with Crippen molar-refractivity contribution in [3.8, 4) is 6.07 Å². The Bertz CT molecular complexity index is 775. The number of carbonyl (C=O) groups excluding carboxylic acids is 1. The third-order valence-electron chi connectivity index (χ3n) is 3.80. The summed E-state index contributed by atoms with van der Waals surface area (Å²) < 4.78 is 0. The van der Waals surface area contributed by atoms with E-state index in [1.165, 1.54) is 5.56 Å². The molecule has 0 aliphatic heterocycles. The highest BCUT2D eigenvalue weighted by molar-refractivity contribution is 5.84. The molecule has 2 N–H and O–H groups in total. The molecule has 0 aliphatic carbocycles. The van der Waals surface area contributed by atoms with Crippen LogP contribution in [0.3, 0.4) is 0 Å². The first-order chi connectivity index (χ1) is 12.6. The van der Waals surface area contributed by atoms with Crippen molar-refractivity contribution in [2.45, 2.75) is 13.3 Å². The summed E-state index contributed by atoms with van der Waals surface area (Å²) in [6.45, 7) is 2.86. The second-order valence-electron chi connectivity index (χ2n) is 5.93. The van der Waals surface area contributed by atoms with Gasteiger partial charge in [-0.1, -0.05) is 29.8 Å². The zero-order valence-corrected chi connectivity index (χ0v) is 15.1. The van der Waals surface area contributed by atoms with Crippen LogP contribution in [0.1, 0.15) is 17.5 Å². The second kappa shape index (κ2) is 9.84. The number of nitrogens with zero attached hydrogens (tertiary/aromatic N) is 3. The Labute approximate surface area is 154 Å². The number of aryl methyl sites for hydroxylation is 1. The van der Waals surface area contributed by atoms with Crippen molar-refractivity contribution in [1.29, 1.82) is 5.26 Å². The van der Waals surface area contributed by atoms with Crippen LogP contribution >= 0.6 is 0 Å². The fourth-order valence-electron chi connectivity index (χ4n) is 2.23. The van der Waals surface area contributed by atoms with E-state index in [4.69, 9.17) is 5.26 Å². The van der Waals surface area contributed by atoms with Crippen molar-refractivity contribution in [2.75, 3.05) is 30.4 Å². The average molecular weight is 349 g/mol. The van der Waals surface area contributed by atoms with E-state index in [2.05, 4.69) is 21.9 Å². The standard InChI is InChI=1S/C20H23N5O/c1-16-4-8-18(9-5-16)22-15-20(26)24-23-14-17-6-10-19(11-7-17)25(2)13-3-12-21/h4-11,14,22H,3,13,15H2,1-2H3,(H,24,26)/b23-14-. The lowest BCUT2D eigenvalue weighted by Crippen LogP contribution is -2.25. The van der Waals surface area contributed by atoms with E-state index < -0.39 is 0 Å². The van der Waals surface area contributed by atoms with Gasteiger partial charge in [0.05, 0.1) is 25.2 Å². The van der Waals surface area contributed by atoms with E-state index in [1.807, 2.05) is 67.4 Å². The summed E-state index contributed by atoms with van der Waals surface area (Å²) in [5.41, 5.74) is 6.48. The van der Waals surface area contributed by atoms with Gasteiger partial charge in [0.25, 0.3) is 5.91 Å². The van der Waals surface area contributed by atoms with Gasteiger partial charge in [-0.15, -0.1) is 0 Å². The molecule has 2 aromatic rings. The predicted molar refractivity (Wildman–Crippen MR) is 105 cm³/mol. The minimum absolute atomic E-state index is 0.156. The van der Waals surface area contributed by atoms with Gasteiger partial charge in [0.15, 0.2) is 0 Å². The average Bonchev–Trinajstić information content (AvgIpc) is 2.66. The molecule has 0 saturated carbocycles. The van der Waals surface area contributed by atoms with Gasteiger partial charge < -0.3 is 10.2 Å². The van der Waals surface area contributed by atoms with Crippen LogP contribution in [-0.2, 0) is 4.79 Å².